The van der Waals surface area contributed by atoms with Crippen LogP contribution in [0.5, 0.6) is 0 Å². The molecule has 23 heavy (non-hydrogen) atoms. The molecule has 1 heterocycles. The Hall–Kier alpha value is -2.35. The molecular formula is C15H17F3N4O. The maximum atomic E-state index is 13.0. The number of halogens is 3. The minimum Gasteiger partial charge on any atom is -0.394 e. The van der Waals surface area contributed by atoms with E-state index in [2.05, 4.69) is 15.3 Å². The van der Waals surface area contributed by atoms with Gasteiger partial charge < -0.3 is 15.3 Å². The zero-order valence-electron chi connectivity index (χ0n) is 12.7. The molecule has 1 atom stereocenters. The molecule has 0 spiro atoms. The summed E-state index contributed by atoms with van der Waals surface area (Å²) in [4.78, 5) is 9.02. The average Bonchev–Trinajstić information content (AvgIpc) is 2.52. The van der Waals surface area contributed by atoms with Gasteiger partial charge in [0.1, 0.15) is 5.82 Å². The smallest absolute Gasteiger partial charge is 0.394 e. The third-order valence-electron chi connectivity index (χ3n) is 3.15. The zero-order chi connectivity index (χ0) is 17.0. The Bertz CT molecular complexity index is 647. The van der Waals surface area contributed by atoms with Crippen molar-refractivity contribution in [3.05, 3.63) is 47.7 Å². The van der Waals surface area contributed by atoms with E-state index >= 15 is 0 Å². The molecule has 2 aromatic rings. The number of benzene rings is 1. The number of nitrogens with one attached hydrogen (secondary N) is 1. The van der Waals surface area contributed by atoms with Gasteiger partial charge in [-0.05, 0) is 5.56 Å². The summed E-state index contributed by atoms with van der Waals surface area (Å²) < 4.78 is 38.9. The van der Waals surface area contributed by atoms with Gasteiger partial charge in [0, 0.05) is 20.2 Å². The lowest BCUT2D eigenvalue weighted by atomic mass is 10.1. The quantitative estimate of drug-likeness (QED) is 0.885. The molecule has 2 N–H and O–H groups in total. The van der Waals surface area contributed by atoms with Gasteiger partial charge in [0.15, 0.2) is 5.69 Å². The Morgan fingerprint density at radius 3 is 2.35 bits per heavy atom. The summed E-state index contributed by atoms with van der Waals surface area (Å²) in [5.41, 5.74) is -0.314. The molecule has 0 amide bonds. The van der Waals surface area contributed by atoms with Gasteiger partial charge in [0.2, 0.25) is 5.95 Å². The van der Waals surface area contributed by atoms with Gasteiger partial charge >= 0.3 is 6.18 Å². The highest BCUT2D eigenvalue weighted by Gasteiger charge is 2.34. The van der Waals surface area contributed by atoms with Crippen molar-refractivity contribution in [2.24, 2.45) is 0 Å². The number of nitrogens with zero attached hydrogens (tertiary/aromatic N) is 3. The third-order valence-corrected chi connectivity index (χ3v) is 3.15. The summed E-state index contributed by atoms with van der Waals surface area (Å²) >= 11 is 0. The van der Waals surface area contributed by atoms with Gasteiger partial charge in [0.05, 0.1) is 12.6 Å². The Kier molecular flexibility index (Phi) is 5.05. The normalized spacial score (nSPS) is 12.8. The predicted molar refractivity (Wildman–Crippen MR) is 81.3 cm³/mol. The number of hydrogen-bond acceptors (Lipinski definition) is 5. The van der Waals surface area contributed by atoms with E-state index in [-0.39, 0.29) is 18.4 Å². The molecule has 0 bridgehead atoms. The lowest BCUT2D eigenvalue weighted by Crippen LogP contribution is -2.21. The molecule has 0 fully saturated rings. The molecule has 2 rings (SSSR count). The first-order chi connectivity index (χ1) is 10.8. The van der Waals surface area contributed by atoms with Crippen molar-refractivity contribution in [1.82, 2.24) is 9.97 Å². The fourth-order valence-corrected chi connectivity index (χ4v) is 1.95. The predicted octanol–water partition coefficient (Wildman–Crippen LogP) is 2.71. The highest BCUT2D eigenvalue weighted by molar-refractivity contribution is 5.45. The highest BCUT2D eigenvalue weighted by Crippen LogP contribution is 2.30. The van der Waals surface area contributed by atoms with Crippen molar-refractivity contribution in [2.45, 2.75) is 12.2 Å². The van der Waals surface area contributed by atoms with E-state index in [0.29, 0.717) is 0 Å². The van der Waals surface area contributed by atoms with Crippen LogP contribution in [0.3, 0.4) is 0 Å². The van der Waals surface area contributed by atoms with Crippen molar-refractivity contribution < 1.29 is 18.3 Å². The highest BCUT2D eigenvalue weighted by atomic mass is 19.4. The number of aromatic nitrogens is 2. The van der Waals surface area contributed by atoms with E-state index in [1.54, 1.807) is 38.4 Å². The van der Waals surface area contributed by atoms with Crippen LogP contribution in [0, 0.1) is 0 Å². The molecule has 5 nitrogen and oxygen atoms in total. The number of aliphatic hydroxyl groups is 1. The van der Waals surface area contributed by atoms with Crippen molar-refractivity contribution in [3.63, 3.8) is 0 Å². The average molecular weight is 326 g/mol. The van der Waals surface area contributed by atoms with Crippen LogP contribution < -0.4 is 10.2 Å². The third kappa shape index (κ3) is 4.32. The fraction of sp³-hybridized carbons (Fsp3) is 0.333. The minimum absolute atomic E-state index is 0.125. The first kappa shape index (κ1) is 17.0. The second-order valence-corrected chi connectivity index (χ2v) is 5.12. The second-order valence-electron chi connectivity index (χ2n) is 5.12. The lowest BCUT2D eigenvalue weighted by molar-refractivity contribution is -0.141. The summed E-state index contributed by atoms with van der Waals surface area (Å²) in [6, 6.07) is 9.15. The Labute approximate surface area is 131 Å². The molecular weight excluding hydrogens is 309 g/mol. The molecule has 1 aromatic heterocycles. The second kappa shape index (κ2) is 6.82. The van der Waals surface area contributed by atoms with Crippen molar-refractivity contribution in [2.75, 3.05) is 30.9 Å². The van der Waals surface area contributed by atoms with E-state index in [1.807, 2.05) is 6.07 Å². The fourth-order valence-electron chi connectivity index (χ4n) is 1.95. The van der Waals surface area contributed by atoms with Crippen LogP contribution in [-0.2, 0) is 6.18 Å². The van der Waals surface area contributed by atoms with Gasteiger partial charge in [-0.3, -0.25) is 0 Å². The number of aliphatic hydroxyl groups excluding tert-OH is 1. The molecule has 0 aliphatic heterocycles. The SMILES string of the molecule is CN(C)c1cc(C(F)(F)F)nc(NC(CO)c2ccccc2)n1. The van der Waals surface area contributed by atoms with Gasteiger partial charge in [-0.1, -0.05) is 30.3 Å². The molecule has 1 aromatic carbocycles. The van der Waals surface area contributed by atoms with Crippen LogP contribution >= 0.6 is 0 Å². The Morgan fingerprint density at radius 2 is 1.83 bits per heavy atom. The van der Waals surface area contributed by atoms with Crippen LogP contribution in [-0.4, -0.2) is 35.8 Å². The number of hydrogen-bond donors (Lipinski definition) is 2. The molecule has 0 radical (unpaired) electrons. The summed E-state index contributed by atoms with van der Waals surface area (Å²) in [7, 11) is 3.18. The van der Waals surface area contributed by atoms with E-state index in [0.717, 1.165) is 11.6 Å². The monoisotopic (exact) mass is 326 g/mol. The summed E-state index contributed by atoms with van der Waals surface area (Å²) in [6.45, 7) is -0.305. The van der Waals surface area contributed by atoms with Crippen LogP contribution in [0.2, 0.25) is 0 Å². The van der Waals surface area contributed by atoms with Crippen molar-refractivity contribution in [1.29, 1.82) is 0 Å². The van der Waals surface area contributed by atoms with Crippen molar-refractivity contribution >= 4 is 11.8 Å². The molecule has 124 valence electrons. The van der Waals surface area contributed by atoms with Crippen LogP contribution in [0.1, 0.15) is 17.3 Å². The zero-order valence-corrected chi connectivity index (χ0v) is 12.7. The van der Waals surface area contributed by atoms with E-state index in [4.69, 9.17) is 0 Å². The first-order valence-corrected chi connectivity index (χ1v) is 6.87. The molecule has 0 aliphatic carbocycles. The van der Waals surface area contributed by atoms with E-state index in [1.165, 1.54) is 4.90 Å². The summed E-state index contributed by atoms with van der Waals surface area (Å²) in [6.07, 6.45) is -4.58. The van der Waals surface area contributed by atoms with Gasteiger partial charge in [-0.2, -0.15) is 18.2 Å². The number of alkyl halides is 3. The Morgan fingerprint density at radius 1 is 1.17 bits per heavy atom. The van der Waals surface area contributed by atoms with E-state index in [9.17, 15) is 18.3 Å². The molecule has 0 saturated heterocycles. The molecule has 0 saturated carbocycles. The largest absolute Gasteiger partial charge is 0.433 e. The maximum Gasteiger partial charge on any atom is 0.433 e. The van der Waals surface area contributed by atoms with Gasteiger partial charge in [0.25, 0.3) is 0 Å². The molecule has 1 unspecified atom stereocenters. The maximum absolute atomic E-state index is 13.0. The Balaban J connectivity index is 2.36. The number of anilines is 2. The van der Waals surface area contributed by atoms with E-state index < -0.39 is 17.9 Å². The standard InChI is InChI=1S/C15H17F3N4O/c1-22(2)13-8-12(15(16,17)18)20-14(21-13)19-11(9-23)10-6-4-3-5-7-10/h3-8,11,23H,9H2,1-2H3,(H,19,20,21). The molecule has 0 aliphatic rings. The lowest BCUT2D eigenvalue weighted by Gasteiger charge is -2.20. The number of rotatable bonds is 5. The molecule has 8 heteroatoms. The van der Waals surface area contributed by atoms with Crippen LogP contribution in [0.25, 0.3) is 0 Å². The first-order valence-electron chi connectivity index (χ1n) is 6.87. The summed E-state index contributed by atoms with van der Waals surface area (Å²) in [5, 5.41) is 12.3. The summed E-state index contributed by atoms with van der Waals surface area (Å²) in [5.74, 6) is -0.0639. The topological polar surface area (TPSA) is 61.3 Å². The van der Waals surface area contributed by atoms with Gasteiger partial charge in [-0.25, -0.2) is 4.98 Å². The van der Waals surface area contributed by atoms with Crippen molar-refractivity contribution in [3.8, 4) is 0 Å². The minimum atomic E-state index is -4.58. The van der Waals surface area contributed by atoms with Gasteiger partial charge in [-0.15, -0.1) is 0 Å². The van der Waals surface area contributed by atoms with Crippen LogP contribution in [0.15, 0.2) is 36.4 Å². The van der Waals surface area contributed by atoms with Crippen LogP contribution in [0.4, 0.5) is 24.9 Å².